The molecular formula is C19H20N2O4S. The van der Waals surface area contributed by atoms with Gasteiger partial charge in [0.2, 0.25) is 10.0 Å². The van der Waals surface area contributed by atoms with Crippen molar-refractivity contribution in [1.82, 2.24) is 4.31 Å². The van der Waals surface area contributed by atoms with Crippen molar-refractivity contribution in [1.29, 1.82) is 5.26 Å². The first kappa shape index (κ1) is 19.6. The Hall–Kier alpha value is -2.69. The van der Waals surface area contributed by atoms with E-state index < -0.39 is 22.0 Å². The Labute approximate surface area is 153 Å². The summed E-state index contributed by atoms with van der Waals surface area (Å²) in [5.41, 5.74) is 1.87. The molecule has 0 aliphatic rings. The van der Waals surface area contributed by atoms with Crippen LogP contribution in [0.1, 0.15) is 16.7 Å². The number of benzene rings is 2. The molecule has 0 saturated carbocycles. The molecule has 0 aliphatic carbocycles. The molecule has 2 rings (SSSR count). The summed E-state index contributed by atoms with van der Waals surface area (Å²) >= 11 is 0. The van der Waals surface area contributed by atoms with Crippen molar-refractivity contribution in [3.8, 4) is 6.07 Å². The van der Waals surface area contributed by atoms with Crippen molar-refractivity contribution in [2.24, 2.45) is 0 Å². The second-order valence-electron chi connectivity index (χ2n) is 5.85. The van der Waals surface area contributed by atoms with Crippen molar-refractivity contribution in [3.63, 3.8) is 0 Å². The molecule has 7 heteroatoms. The molecule has 2 aromatic rings. The third kappa shape index (κ3) is 5.15. The van der Waals surface area contributed by atoms with E-state index in [4.69, 9.17) is 10.00 Å². The van der Waals surface area contributed by atoms with E-state index >= 15 is 0 Å². The molecule has 0 amide bonds. The normalized spacial score (nSPS) is 12.4. The molecule has 0 radical (unpaired) electrons. The highest BCUT2D eigenvalue weighted by Crippen LogP contribution is 2.18. The maximum absolute atomic E-state index is 12.4. The minimum atomic E-state index is -3.71. The number of sulfonamides is 1. The summed E-state index contributed by atoms with van der Waals surface area (Å²) in [6.45, 7) is -0.0268. The van der Waals surface area contributed by atoms with Crippen molar-refractivity contribution in [2.45, 2.75) is 19.0 Å². The highest BCUT2D eigenvalue weighted by molar-refractivity contribution is 7.88. The minimum absolute atomic E-state index is 0.0268. The lowest BCUT2D eigenvalue weighted by Crippen LogP contribution is -2.46. The number of ether oxygens (including phenoxy) is 1. The summed E-state index contributed by atoms with van der Waals surface area (Å²) in [5.74, 6) is -0.629. The largest absolute Gasteiger partial charge is 0.468 e. The predicted molar refractivity (Wildman–Crippen MR) is 97.5 cm³/mol. The number of nitrogens with zero attached hydrogens (tertiary/aromatic N) is 2. The highest BCUT2D eigenvalue weighted by Gasteiger charge is 2.33. The Bertz CT molecular complexity index is 905. The van der Waals surface area contributed by atoms with Gasteiger partial charge in [0.25, 0.3) is 0 Å². The van der Waals surface area contributed by atoms with E-state index in [1.165, 1.54) is 7.11 Å². The summed E-state index contributed by atoms with van der Waals surface area (Å²) < 4.78 is 30.8. The van der Waals surface area contributed by atoms with Gasteiger partial charge in [-0.1, -0.05) is 42.5 Å². The first-order chi connectivity index (χ1) is 12.3. The first-order valence-corrected chi connectivity index (χ1v) is 9.77. The third-order valence-corrected chi connectivity index (χ3v) is 5.15. The van der Waals surface area contributed by atoms with Crippen molar-refractivity contribution in [3.05, 3.63) is 71.3 Å². The number of carbonyl (C=O) groups is 1. The molecule has 26 heavy (non-hydrogen) atoms. The zero-order chi connectivity index (χ0) is 19.2. The lowest BCUT2D eigenvalue weighted by Gasteiger charge is -2.28. The quantitative estimate of drug-likeness (QED) is 0.695. The fraction of sp³-hybridized carbons (Fsp3) is 0.263. The van der Waals surface area contributed by atoms with Crippen molar-refractivity contribution < 1.29 is 17.9 Å². The summed E-state index contributed by atoms with van der Waals surface area (Å²) in [6.07, 6.45) is 1.25. The van der Waals surface area contributed by atoms with Crippen LogP contribution in [-0.4, -0.2) is 38.1 Å². The molecule has 1 atom stereocenters. The van der Waals surface area contributed by atoms with Gasteiger partial charge in [0.15, 0.2) is 0 Å². The molecule has 0 heterocycles. The Morgan fingerprint density at radius 2 is 1.81 bits per heavy atom. The number of esters is 1. The van der Waals surface area contributed by atoms with E-state index in [0.29, 0.717) is 11.1 Å². The van der Waals surface area contributed by atoms with Gasteiger partial charge in [-0.3, -0.25) is 4.79 Å². The predicted octanol–water partition coefficient (Wildman–Crippen LogP) is 2.10. The summed E-state index contributed by atoms with van der Waals surface area (Å²) in [7, 11) is -2.47. The Morgan fingerprint density at radius 1 is 1.15 bits per heavy atom. The van der Waals surface area contributed by atoms with Gasteiger partial charge in [-0.15, -0.1) is 0 Å². The van der Waals surface area contributed by atoms with Gasteiger partial charge in [-0.25, -0.2) is 8.42 Å². The first-order valence-electron chi connectivity index (χ1n) is 7.92. The van der Waals surface area contributed by atoms with Crippen LogP contribution in [0, 0.1) is 11.3 Å². The van der Waals surface area contributed by atoms with Gasteiger partial charge in [0.1, 0.15) is 6.04 Å². The average Bonchev–Trinajstić information content (AvgIpc) is 2.64. The van der Waals surface area contributed by atoms with Gasteiger partial charge < -0.3 is 4.74 Å². The van der Waals surface area contributed by atoms with E-state index in [9.17, 15) is 13.2 Å². The van der Waals surface area contributed by atoms with E-state index in [2.05, 4.69) is 0 Å². The van der Waals surface area contributed by atoms with Crippen LogP contribution in [0.5, 0.6) is 0 Å². The van der Waals surface area contributed by atoms with E-state index in [1.807, 2.05) is 36.4 Å². The zero-order valence-electron chi connectivity index (χ0n) is 14.6. The molecule has 0 spiro atoms. The summed E-state index contributed by atoms with van der Waals surface area (Å²) in [4.78, 5) is 12.3. The van der Waals surface area contributed by atoms with Crippen molar-refractivity contribution in [2.75, 3.05) is 13.4 Å². The third-order valence-electron chi connectivity index (χ3n) is 3.91. The van der Waals surface area contributed by atoms with Gasteiger partial charge in [0, 0.05) is 6.54 Å². The molecular weight excluding hydrogens is 352 g/mol. The van der Waals surface area contributed by atoms with E-state index in [-0.39, 0.29) is 13.0 Å². The number of rotatable bonds is 7. The number of hydrogen-bond donors (Lipinski definition) is 0. The zero-order valence-corrected chi connectivity index (χ0v) is 15.4. The molecule has 0 N–H and O–H groups in total. The van der Waals surface area contributed by atoms with E-state index in [0.717, 1.165) is 16.1 Å². The molecule has 0 aromatic heterocycles. The van der Waals surface area contributed by atoms with Crippen LogP contribution >= 0.6 is 0 Å². The van der Waals surface area contributed by atoms with Crippen LogP contribution in [0.15, 0.2) is 54.6 Å². The topological polar surface area (TPSA) is 87.5 Å². The maximum Gasteiger partial charge on any atom is 0.324 e. The lowest BCUT2D eigenvalue weighted by atomic mass is 10.1. The second-order valence-corrected chi connectivity index (χ2v) is 7.78. The average molecular weight is 372 g/mol. The maximum atomic E-state index is 12.4. The van der Waals surface area contributed by atoms with Crippen LogP contribution < -0.4 is 0 Å². The molecule has 0 bridgehead atoms. The molecule has 1 unspecified atom stereocenters. The number of carbonyl (C=O) groups excluding carboxylic acids is 1. The van der Waals surface area contributed by atoms with Gasteiger partial charge in [-0.05, 0) is 29.7 Å². The van der Waals surface area contributed by atoms with E-state index in [1.54, 1.807) is 24.3 Å². The Morgan fingerprint density at radius 3 is 2.38 bits per heavy atom. The Balaban J connectivity index is 2.40. The van der Waals surface area contributed by atoms with Crippen LogP contribution in [0.2, 0.25) is 0 Å². The second kappa shape index (κ2) is 8.61. The number of nitriles is 1. The SMILES string of the molecule is COC(=O)C(Cc1ccccc1)N(Cc1cccc(C#N)c1)S(C)(=O)=O. The van der Waals surface area contributed by atoms with Crippen LogP contribution in [-0.2, 0) is 32.5 Å². The van der Waals surface area contributed by atoms with Crippen LogP contribution in [0.3, 0.4) is 0 Å². The fourth-order valence-electron chi connectivity index (χ4n) is 2.65. The number of methoxy groups -OCH3 is 1. The van der Waals surface area contributed by atoms with Crippen molar-refractivity contribution >= 4 is 16.0 Å². The lowest BCUT2D eigenvalue weighted by molar-refractivity contribution is -0.145. The smallest absolute Gasteiger partial charge is 0.324 e. The molecule has 0 fully saturated rings. The van der Waals surface area contributed by atoms with Crippen LogP contribution in [0.25, 0.3) is 0 Å². The fourth-order valence-corrected chi connectivity index (χ4v) is 3.66. The highest BCUT2D eigenvalue weighted by atomic mass is 32.2. The Kier molecular flexibility index (Phi) is 6.50. The molecule has 136 valence electrons. The van der Waals surface area contributed by atoms with Gasteiger partial charge in [0.05, 0.1) is 25.0 Å². The van der Waals surface area contributed by atoms with Crippen LogP contribution in [0.4, 0.5) is 0 Å². The molecule has 0 saturated heterocycles. The standard InChI is InChI=1S/C19H20N2O4S/c1-25-19(22)18(12-15-7-4-3-5-8-15)21(26(2,23)24)14-17-10-6-9-16(11-17)13-20/h3-11,18H,12,14H2,1-2H3. The summed E-state index contributed by atoms with van der Waals surface area (Å²) in [6, 6.07) is 16.8. The molecule has 6 nitrogen and oxygen atoms in total. The van der Waals surface area contributed by atoms with Gasteiger partial charge >= 0.3 is 5.97 Å². The molecule has 2 aromatic carbocycles. The minimum Gasteiger partial charge on any atom is -0.468 e. The monoisotopic (exact) mass is 372 g/mol. The van der Waals surface area contributed by atoms with Gasteiger partial charge in [-0.2, -0.15) is 9.57 Å². The molecule has 0 aliphatic heterocycles. The summed E-state index contributed by atoms with van der Waals surface area (Å²) in [5, 5.41) is 9.03. The number of hydrogen-bond acceptors (Lipinski definition) is 5.